The quantitative estimate of drug-likeness (QED) is 0.556. The molecule has 0 aliphatic heterocycles. The molecule has 0 bridgehead atoms. The summed E-state index contributed by atoms with van der Waals surface area (Å²) in [5.41, 5.74) is 3.19. The van der Waals surface area contributed by atoms with Gasteiger partial charge in [0.15, 0.2) is 5.65 Å². The summed E-state index contributed by atoms with van der Waals surface area (Å²) in [6.07, 6.45) is 3.15. The number of rotatable bonds is 8. The van der Waals surface area contributed by atoms with Crippen LogP contribution >= 0.6 is 11.6 Å². The Labute approximate surface area is 131 Å². The van der Waals surface area contributed by atoms with Crippen molar-refractivity contribution < 1.29 is 0 Å². The van der Waals surface area contributed by atoms with Gasteiger partial charge < -0.3 is 9.47 Å². The molecular weight excluding hydrogens is 286 g/mol. The Morgan fingerprint density at radius 3 is 2.62 bits per heavy atom. The molecule has 2 heterocycles. The van der Waals surface area contributed by atoms with Gasteiger partial charge in [0.1, 0.15) is 11.3 Å². The predicted octanol–water partition coefficient (Wildman–Crippen LogP) is 2.68. The summed E-state index contributed by atoms with van der Waals surface area (Å²) in [4.78, 5) is 6.99. The molecule has 0 aliphatic rings. The van der Waals surface area contributed by atoms with Crippen LogP contribution in [0.5, 0.6) is 0 Å². The molecule has 0 amide bonds. The summed E-state index contributed by atoms with van der Waals surface area (Å²) in [6, 6.07) is 0. The molecule has 0 unspecified atom stereocenters. The van der Waals surface area contributed by atoms with E-state index in [1.165, 1.54) is 6.42 Å². The zero-order valence-electron chi connectivity index (χ0n) is 13.6. The van der Waals surface area contributed by atoms with E-state index in [-0.39, 0.29) is 0 Å². The molecular formula is C15H26ClN5. The maximum atomic E-state index is 5.94. The standard InChI is InChI=1S/C15H26ClN5/c1-5-21-15-14(12(2)18-21)17-13(8-9-16)20(15)11-7-6-10-19(3)4/h5-11H2,1-4H3. The second-order valence-corrected chi connectivity index (χ2v) is 6.08. The predicted molar refractivity (Wildman–Crippen MR) is 88.1 cm³/mol. The molecule has 5 nitrogen and oxygen atoms in total. The third-order valence-electron chi connectivity index (χ3n) is 3.73. The Morgan fingerprint density at radius 1 is 1.24 bits per heavy atom. The van der Waals surface area contributed by atoms with Gasteiger partial charge in [-0.05, 0) is 47.3 Å². The van der Waals surface area contributed by atoms with Crippen LogP contribution < -0.4 is 0 Å². The van der Waals surface area contributed by atoms with E-state index in [0.29, 0.717) is 5.88 Å². The number of alkyl halides is 1. The Bertz CT molecular complexity index is 584. The summed E-state index contributed by atoms with van der Waals surface area (Å²) in [5, 5.41) is 4.58. The lowest BCUT2D eigenvalue weighted by molar-refractivity contribution is 0.387. The Hall–Kier alpha value is -1.07. The van der Waals surface area contributed by atoms with Crippen molar-refractivity contribution in [1.82, 2.24) is 24.2 Å². The van der Waals surface area contributed by atoms with E-state index >= 15 is 0 Å². The number of unbranched alkanes of at least 4 members (excludes halogenated alkanes) is 1. The lowest BCUT2D eigenvalue weighted by atomic mass is 10.3. The van der Waals surface area contributed by atoms with Crippen molar-refractivity contribution >= 4 is 22.8 Å². The zero-order valence-corrected chi connectivity index (χ0v) is 14.3. The second kappa shape index (κ2) is 7.27. The van der Waals surface area contributed by atoms with E-state index in [9.17, 15) is 0 Å². The highest BCUT2D eigenvalue weighted by atomic mass is 35.5. The largest absolute Gasteiger partial charge is 0.313 e. The lowest BCUT2D eigenvalue weighted by Crippen LogP contribution is -2.14. The first-order chi connectivity index (χ1) is 10.1. The van der Waals surface area contributed by atoms with Crippen LogP contribution in [0.15, 0.2) is 0 Å². The van der Waals surface area contributed by atoms with Gasteiger partial charge in [0.05, 0.1) is 5.69 Å². The molecule has 0 aromatic carbocycles. The van der Waals surface area contributed by atoms with Crippen LogP contribution in [0.1, 0.15) is 31.3 Å². The highest BCUT2D eigenvalue weighted by Gasteiger charge is 2.17. The van der Waals surface area contributed by atoms with Gasteiger partial charge in [-0.3, -0.25) is 0 Å². The summed E-state index contributed by atoms with van der Waals surface area (Å²) in [5.74, 6) is 1.70. The van der Waals surface area contributed by atoms with Crippen molar-refractivity contribution in [3.8, 4) is 0 Å². The van der Waals surface area contributed by atoms with Crippen LogP contribution in [-0.4, -0.2) is 50.8 Å². The minimum atomic E-state index is 0.607. The number of fused-ring (bicyclic) bond motifs is 1. The average molecular weight is 312 g/mol. The summed E-state index contributed by atoms with van der Waals surface area (Å²) in [6.45, 7) is 7.13. The Morgan fingerprint density at radius 2 is 2.00 bits per heavy atom. The van der Waals surface area contributed by atoms with Crippen molar-refractivity contribution in [2.45, 2.75) is 46.2 Å². The fraction of sp³-hybridized carbons (Fsp3) is 0.733. The van der Waals surface area contributed by atoms with Gasteiger partial charge >= 0.3 is 0 Å². The molecule has 0 spiro atoms. The molecule has 2 aromatic heterocycles. The first-order valence-corrected chi connectivity index (χ1v) is 8.25. The fourth-order valence-electron chi connectivity index (χ4n) is 2.70. The Balaban J connectivity index is 2.26. The monoisotopic (exact) mass is 311 g/mol. The van der Waals surface area contributed by atoms with E-state index in [1.807, 2.05) is 6.92 Å². The maximum Gasteiger partial charge on any atom is 0.158 e. The summed E-state index contributed by atoms with van der Waals surface area (Å²) in [7, 11) is 4.23. The minimum Gasteiger partial charge on any atom is -0.313 e. The highest BCUT2D eigenvalue weighted by molar-refractivity contribution is 6.17. The van der Waals surface area contributed by atoms with Gasteiger partial charge in [0.25, 0.3) is 0 Å². The maximum absolute atomic E-state index is 5.94. The van der Waals surface area contributed by atoms with Crippen LogP contribution in [0.3, 0.4) is 0 Å². The topological polar surface area (TPSA) is 38.9 Å². The van der Waals surface area contributed by atoms with Crippen molar-refractivity contribution in [2.24, 2.45) is 0 Å². The molecule has 0 aliphatic carbocycles. The van der Waals surface area contributed by atoms with Crippen LogP contribution in [-0.2, 0) is 19.5 Å². The molecule has 0 radical (unpaired) electrons. The molecule has 0 saturated heterocycles. The average Bonchev–Trinajstić information content (AvgIpc) is 2.94. The smallest absolute Gasteiger partial charge is 0.158 e. The SMILES string of the molecule is CCn1nc(C)c2nc(CCCl)n(CCCCN(C)C)c21. The summed E-state index contributed by atoms with van der Waals surface area (Å²) < 4.78 is 4.37. The number of aromatic nitrogens is 4. The van der Waals surface area contributed by atoms with E-state index in [4.69, 9.17) is 16.6 Å². The molecule has 0 atom stereocenters. The summed E-state index contributed by atoms with van der Waals surface area (Å²) >= 11 is 5.94. The number of halogens is 1. The Kier molecular flexibility index (Phi) is 5.65. The van der Waals surface area contributed by atoms with Gasteiger partial charge in [0.2, 0.25) is 0 Å². The van der Waals surface area contributed by atoms with E-state index in [2.05, 4.69) is 40.3 Å². The second-order valence-electron chi connectivity index (χ2n) is 5.70. The first kappa shape index (κ1) is 16.3. The molecule has 0 fully saturated rings. The molecule has 0 N–H and O–H groups in total. The number of hydrogen-bond acceptors (Lipinski definition) is 3. The first-order valence-electron chi connectivity index (χ1n) is 7.71. The molecule has 0 saturated carbocycles. The molecule has 6 heteroatoms. The third kappa shape index (κ3) is 3.58. The number of nitrogens with zero attached hydrogens (tertiary/aromatic N) is 5. The molecule has 21 heavy (non-hydrogen) atoms. The normalized spacial score (nSPS) is 11.9. The third-order valence-corrected chi connectivity index (χ3v) is 3.92. The van der Waals surface area contributed by atoms with E-state index in [0.717, 1.165) is 55.2 Å². The van der Waals surface area contributed by atoms with Crippen LogP contribution in [0, 0.1) is 6.92 Å². The molecule has 2 rings (SSSR count). The van der Waals surface area contributed by atoms with Crippen LogP contribution in [0.4, 0.5) is 0 Å². The minimum absolute atomic E-state index is 0.607. The van der Waals surface area contributed by atoms with Crippen molar-refractivity contribution in [3.05, 3.63) is 11.5 Å². The van der Waals surface area contributed by atoms with Crippen molar-refractivity contribution in [1.29, 1.82) is 0 Å². The van der Waals surface area contributed by atoms with Gasteiger partial charge in [-0.2, -0.15) is 5.10 Å². The van der Waals surface area contributed by atoms with E-state index < -0.39 is 0 Å². The van der Waals surface area contributed by atoms with Crippen molar-refractivity contribution in [3.63, 3.8) is 0 Å². The van der Waals surface area contributed by atoms with Gasteiger partial charge in [-0.25, -0.2) is 9.67 Å². The zero-order chi connectivity index (χ0) is 15.4. The van der Waals surface area contributed by atoms with Crippen LogP contribution in [0.2, 0.25) is 0 Å². The molecule has 2 aromatic rings. The van der Waals surface area contributed by atoms with E-state index in [1.54, 1.807) is 0 Å². The van der Waals surface area contributed by atoms with Crippen molar-refractivity contribution in [2.75, 3.05) is 26.5 Å². The number of imidazole rings is 1. The number of hydrogen-bond donors (Lipinski definition) is 0. The van der Waals surface area contributed by atoms with Gasteiger partial charge in [-0.15, -0.1) is 11.6 Å². The van der Waals surface area contributed by atoms with Gasteiger partial charge in [0, 0.05) is 25.4 Å². The molecule has 118 valence electrons. The van der Waals surface area contributed by atoms with Crippen LogP contribution in [0.25, 0.3) is 11.2 Å². The number of aryl methyl sites for hydroxylation is 4. The highest BCUT2D eigenvalue weighted by Crippen LogP contribution is 2.21. The van der Waals surface area contributed by atoms with Gasteiger partial charge in [-0.1, -0.05) is 0 Å². The lowest BCUT2D eigenvalue weighted by Gasteiger charge is -2.12. The fourth-order valence-corrected chi connectivity index (χ4v) is 2.87.